The maximum absolute atomic E-state index is 11.9. The van der Waals surface area contributed by atoms with Crippen molar-refractivity contribution in [3.8, 4) is 0 Å². The second-order valence-corrected chi connectivity index (χ2v) is 61.7. The number of Topliss-reactive ketones (excluding diaryl/α,β-unsaturated/α-hetero) is 10. The molecule has 0 radical (unpaired) electrons. The lowest BCUT2D eigenvalue weighted by Crippen LogP contribution is -2.26. The predicted octanol–water partition coefficient (Wildman–Crippen LogP) is 37.6. The van der Waals surface area contributed by atoms with Crippen LogP contribution in [0.4, 0.5) is 0 Å². The lowest BCUT2D eigenvalue weighted by Gasteiger charge is -2.33. The quantitative estimate of drug-likeness (QED) is 0.0587. The molecule has 0 aliphatic heterocycles. The molecule has 12 heteroatoms. The topological polar surface area (TPSA) is 211 Å². The number of hydrogen-bond acceptors (Lipinski definition) is 12. The van der Waals surface area contributed by atoms with Crippen molar-refractivity contribution < 1.29 is 58.2 Å². The highest BCUT2D eigenvalue weighted by atomic mass is 16.3. The number of rotatable bonds is 40. The molecule has 10 aliphatic carbocycles. The summed E-state index contributed by atoms with van der Waals surface area (Å²) >= 11 is 0. The van der Waals surface area contributed by atoms with Gasteiger partial charge in [0.25, 0.3) is 0 Å². The molecule has 844 valence electrons. The molecule has 0 amide bonds. The Balaban J connectivity index is 0.000000801. The van der Waals surface area contributed by atoms with Gasteiger partial charge in [0.2, 0.25) is 0 Å². The summed E-state index contributed by atoms with van der Waals surface area (Å²) in [5.41, 5.74) is 2.95. The minimum Gasteiger partial charge on any atom is -0.393 e. The van der Waals surface area contributed by atoms with E-state index >= 15 is 0 Å². The Hall–Kier alpha value is -3.38. The molecule has 144 heavy (non-hydrogen) atoms. The minimum absolute atomic E-state index is 0.219. The Morgan fingerprint density at radius 1 is 0.174 bits per heavy atom. The van der Waals surface area contributed by atoms with E-state index in [4.69, 9.17) is 0 Å². The van der Waals surface area contributed by atoms with Crippen LogP contribution < -0.4 is 0 Å². The van der Waals surface area contributed by atoms with Gasteiger partial charge >= 0.3 is 0 Å². The van der Waals surface area contributed by atoms with Gasteiger partial charge in [-0.3, -0.25) is 47.9 Å². The van der Waals surface area contributed by atoms with Gasteiger partial charge in [-0.1, -0.05) is 332 Å². The lowest BCUT2D eigenvalue weighted by atomic mass is 9.72. The molecule has 10 aliphatic rings. The normalized spacial score (nSPS) is 24.6. The van der Waals surface area contributed by atoms with Crippen LogP contribution in [-0.2, 0) is 47.9 Å². The van der Waals surface area contributed by atoms with Gasteiger partial charge < -0.3 is 10.2 Å². The van der Waals surface area contributed by atoms with E-state index in [0.717, 1.165) is 259 Å². The molecule has 10 rings (SSSR count). The average Bonchev–Trinajstić information content (AvgIpc) is 1.10. The van der Waals surface area contributed by atoms with Crippen LogP contribution >= 0.6 is 0 Å². The lowest BCUT2D eigenvalue weighted by molar-refractivity contribution is -0.122. The van der Waals surface area contributed by atoms with E-state index in [1.54, 1.807) is 0 Å². The van der Waals surface area contributed by atoms with Crippen LogP contribution in [0.5, 0.6) is 0 Å². The Kier molecular flexibility index (Phi) is 66.1. The van der Waals surface area contributed by atoms with E-state index in [1.807, 2.05) is 0 Å². The van der Waals surface area contributed by atoms with Crippen LogP contribution in [0.1, 0.15) is 628 Å². The molecule has 10 unspecified atom stereocenters. The maximum Gasteiger partial charge on any atom is 0.133 e. The fourth-order valence-corrected chi connectivity index (χ4v) is 20.9. The van der Waals surface area contributed by atoms with Crippen molar-refractivity contribution in [3.63, 3.8) is 0 Å². The van der Waals surface area contributed by atoms with Gasteiger partial charge in [-0.2, -0.15) is 0 Å². The Labute approximate surface area is 893 Å². The first-order valence-electron chi connectivity index (χ1n) is 60.6. The van der Waals surface area contributed by atoms with Crippen molar-refractivity contribution in [2.45, 2.75) is 640 Å². The molecular formula is C132H244O12. The van der Waals surface area contributed by atoms with Crippen LogP contribution in [0.2, 0.25) is 0 Å². The maximum atomic E-state index is 11.9. The van der Waals surface area contributed by atoms with Crippen LogP contribution in [0.3, 0.4) is 0 Å². The van der Waals surface area contributed by atoms with Gasteiger partial charge in [-0.05, 0) is 310 Å². The Morgan fingerprint density at radius 3 is 0.583 bits per heavy atom. The third kappa shape index (κ3) is 84.2. The molecule has 0 bridgehead atoms. The predicted molar refractivity (Wildman–Crippen MR) is 614 cm³/mol. The first-order chi connectivity index (χ1) is 66.0. The highest BCUT2D eigenvalue weighted by Gasteiger charge is 2.35. The Morgan fingerprint density at radius 2 is 0.361 bits per heavy atom. The van der Waals surface area contributed by atoms with Crippen LogP contribution in [0.15, 0.2) is 0 Å². The fraction of sp³-hybridized carbons (Fsp3) is 0.924. The highest BCUT2D eigenvalue weighted by Crippen LogP contribution is 2.43. The van der Waals surface area contributed by atoms with Gasteiger partial charge in [0, 0.05) is 128 Å². The molecule has 0 aromatic rings. The van der Waals surface area contributed by atoms with E-state index in [2.05, 4.69) is 242 Å². The third-order valence-electron chi connectivity index (χ3n) is 32.2. The number of carbonyl (C=O) groups is 10. The number of hydrogen-bond donors (Lipinski definition) is 2. The minimum atomic E-state index is -0.229. The monoisotopic (exact) mass is 2020 g/mol. The summed E-state index contributed by atoms with van der Waals surface area (Å²) in [6.07, 6.45) is 62.6. The summed E-state index contributed by atoms with van der Waals surface area (Å²) in [6.45, 7) is 77.3. The largest absolute Gasteiger partial charge is 0.393 e. The molecule has 0 spiro atoms. The van der Waals surface area contributed by atoms with Crippen molar-refractivity contribution in [1.82, 2.24) is 0 Å². The summed E-state index contributed by atoms with van der Waals surface area (Å²) in [7, 11) is 0. The summed E-state index contributed by atoms with van der Waals surface area (Å²) < 4.78 is 0. The highest BCUT2D eigenvalue weighted by molar-refractivity contribution is 5.82. The first kappa shape index (κ1) is 139. The summed E-state index contributed by atoms with van der Waals surface area (Å²) in [4.78, 5) is 116. The van der Waals surface area contributed by atoms with Gasteiger partial charge in [-0.15, -0.1) is 0 Å². The smallest absolute Gasteiger partial charge is 0.133 e. The molecular weight excluding hydrogens is 1780 g/mol. The van der Waals surface area contributed by atoms with Crippen LogP contribution in [0.25, 0.3) is 0 Å². The molecule has 0 heterocycles. The van der Waals surface area contributed by atoms with E-state index in [9.17, 15) is 58.2 Å². The average molecular weight is 2020 g/mol. The molecule has 0 aromatic carbocycles. The van der Waals surface area contributed by atoms with Gasteiger partial charge in [0.1, 0.15) is 57.8 Å². The molecule has 2 N–H and O–H groups in total. The van der Waals surface area contributed by atoms with E-state index < -0.39 is 0 Å². The van der Waals surface area contributed by atoms with Crippen molar-refractivity contribution in [2.75, 3.05) is 0 Å². The fourth-order valence-electron chi connectivity index (χ4n) is 20.9. The van der Waals surface area contributed by atoms with Gasteiger partial charge in [0.15, 0.2) is 0 Å². The standard InChI is InChI=1S/2C15H28O.C14H26O2.C14H26O.C13H24O2.3C13H24O.2C11H20O/c1-12-5-7-13(8-6-12)11-14(16)9-10-15(2,3)4;1-12-6-5-7-13(10-12)11-14(16)8-9-15(2,3)4;1-14(2,3)9-8-12(15)10-11-6-4-5-7-13(11)16;1-11-5-6-12(9-11)10-13(15)7-8-14(2,3)4;1-13(2,3)8-7-11(14)9-10-5-4-6-12(10)15;1-10-7-11(8-10)9-12(14)5-6-13(2,3)4;1-10-5-6-11(10)9-12(14)7-8-13(2,3)4;1-13(2,3)9-8-12(14)10-11-6-4-5-7-11;2*1-11(2,3)7-6-10(12)8-9-4-5-9/h2*12-13H,5-11H2,1-4H3;11,13,16H,4-10H2,1-3H3;11-12H,5-10H2,1-4H3;10,12,15H,4-9H2,1-3H3;2*10-11H,5-9H2,1-4H3;11H,4-10H2,1-3H3;2*9H,4-8H2,1-3H3. The zero-order valence-electron chi connectivity index (χ0n) is 102. The van der Waals surface area contributed by atoms with Crippen LogP contribution in [-0.4, -0.2) is 80.3 Å². The van der Waals surface area contributed by atoms with E-state index in [-0.39, 0.29) is 34.9 Å². The zero-order valence-corrected chi connectivity index (χ0v) is 102. The van der Waals surface area contributed by atoms with Gasteiger partial charge in [0.05, 0.1) is 12.2 Å². The second kappa shape index (κ2) is 68.7. The molecule has 0 aromatic heterocycles. The summed E-state index contributed by atoms with van der Waals surface area (Å²) in [5.74, 6) is 15.1. The summed E-state index contributed by atoms with van der Waals surface area (Å²) in [6, 6.07) is 0. The molecule has 10 saturated carbocycles. The number of aliphatic hydroxyl groups is 2. The van der Waals surface area contributed by atoms with Crippen molar-refractivity contribution in [2.24, 2.45) is 143 Å². The van der Waals surface area contributed by atoms with E-state index in [0.29, 0.717) is 151 Å². The molecule has 0 saturated heterocycles. The number of ketones is 10. The van der Waals surface area contributed by atoms with Gasteiger partial charge in [-0.25, -0.2) is 0 Å². The zero-order chi connectivity index (χ0) is 110. The number of aliphatic hydroxyl groups excluding tert-OH is 2. The number of carbonyl (C=O) groups excluding carboxylic acids is 10. The molecule has 10 atom stereocenters. The van der Waals surface area contributed by atoms with Crippen molar-refractivity contribution >= 4 is 57.8 Å². The van der Waals surface area contributed by atoms with Crippen molar-refractivity contribution in [1.29, 1.82) is 0 Å². The summed E-state index contributed by atoms with van der Waals surface area (Å²) in [5, 5.41) is 19.4. The first-order valence-corrected chi connectivity index (χ1v) is 60.6. The Bertz CT molecular complexity index is 3450. The van der Waals surface area contributed by atoms with E-state index in [1.165, 1.54) is 154 Å². The van der Waals surface area contributed by atoms with Crippen molar-refractivity contribution in [3.05, 3.63) is 0 Å². The van der Waals surface area contributed by atoms with Crippen LogP contribution in [0, 0.1) is 143 Å². The third-order valence-corrected chi connectivity index (χ3v) is 32.2. The molecule has 10 fully saturated rings. The molecule has 12 nitrogen and oxygen atoms in total. The second-order valence-electron chi connectivity index (χ2n) is 61.7. The SMILES string of the molecule is CC(C)(C)CCC(=O)CC1CC1.CC(C)(C)CCC(=O)CC1CC1.CC(C)(C)CCC(=O)CC1CCCC1.CC(C)(C)CCC(=O)CC1CCCC1O.CC(C)(C)CCC(=O)CC1CCCCC1O.CC1CC(CC(=O)CCC(C)(C)C)C1.CC1CCC(CC(=O)CCC(C)(C)C)C1.CC1CCC(CC(=O)CCC(C)(C)C)CC1.CC1CCC1CC(=O)CCC(C)(C)C.CC1CCCC(CC(=O)CCC(C)(C)C)C1.